The molecule has 8 nitrogen and oxygen atoms in total. The van der Waals surface area contributed by atoms with Gasteiger partial charge in [-0.25, -0.2) is 0 Å². The van der Waals surface area contributed by atoms with E-state index in [1.54, 1.807) is 0 Å². The Bertz CT molecular complexity index is 842. The molecule has 0 bridgehead atoms. The van der Waals surface area contributed by atoms with Crippen LogP contribution in [0.1, 0.15) is 17.5 Å². The molecule has 0 aliphatic carbocycles. The van der Waals surface area contributed by atoms with Gasteiger partial charge in [0.25, 0.3) is 0 Å². The van der Waals surface area contributed by atoms with Gasteiger partial charge in [0.15, 0.2) is 0 Å². The van der Waals surface area contributed by atoms with Crippen LogP contribution >= 0.6 is 0 Å². The standard InChI is InChI=1S/C22H25N3O5/c1-27-20(26)12-18-21(28-14-16-8-4-2-5-9-16)22(19(30-18)13-24-25-23)29-15-17-10-6-3-7-11-17/h2-11,18-19,21-22H,12-15H2,1H3/t18-,19+,21-,22-/m0/s1. The fourth-order valence-electron chi connectivity index (χ4n) is 3.42. The Balaban J connectivity index is 1.77. The molecule has 2 aromatic rings. The van der Waals surface area contributed by atoms with Crippen molar-refractivity contribution in [3.8, 4) is 0 Å². The molecule has 0 amide bonds. The fraction of sp³-hybridized carbons (Fsp3) is 0.409. The molecule has 0 saturated carbocycles. The van der Waals surface area contributed by atoms with Crippen LogP contribution in [0, 0.1) is 0 Å². The van der Waals surface area contributed by atoms with Gasteiger partial charge in [0.1, 0.15) is 12.2 Å². The van der Waals surface area contributed by atoms with E-state index in [1.807, 2.05) is 60.7 Å². The molecule has 1 heterocycles. The minimum Gasteiger partial charge on any atom is -0.469 e. The van der Waals surface area contributed by atoms with Crippen LogP contribution in [-0.4, -0.2) is 44.0 Å². The van der Waals surface area contributed by atoms with E-state index in [1.165, 1.54) is 7.11 Å². The number of nitrogens with zero attached hydrogens (tertiary/aromatic N) is 3. The van der Waals surface area contributed by atoms with Crippen molar-refractivity contribution in [2.75, 3.05) is 13.7 Å². The summed E-state index contributed by atoms with van der Waals surface area (Å²) in [4.78, 5) is 14.7. The van der Waals surface area contributed by atoms with E-state index >= 15 is 0 Å². The summed E-state index contributed by atoms with van der Waals surface area (Å²) in [6, 6.07) is 19.5. The van der Waals surface area contributed by atoms with Gasteiger partial charge in [-0.2, -0.15) is 0 Å². The van der Waals surface area contributed by atoms with E-state index < -0.39 is 30.4 Å². The Morgan fingerprint density at radius 2 is 1.50 bits per heavy atom. The molecule has 4 atom stereocenters. The zero-order valence-electron chi connectivity index (χ0n) is 16.8. The zero-order valence-corrected chi connectivity index (χ0v) is 16.8. The van der Waals surface area contributed by atoms with Crippen molar-refractivity contribution in [2.45, 2.75) is 44.1 Å². The first-order valence-corrected chi connectivity index (χ1v) is 9.75. The number of azide groups is 1. The number of ether oxygens (including phenoxy) is 4. The van der Waals surface area contributed by atoms with Crippen molar-refractivity contribution in [1.82, 2.24) is 0 Å². The average molecular weight is 411 g/mol. The van der Waals surface area contributed by atoms with E-state index in [0.717, 1.165) is 11.1 Å². The second-order valence-corrected chi connectivity index (χ2v) is 6.93. The molecule has 8 heteroatoms. The first-order valence-electron chi connectivity index (χ1n) is 9.75. The van der Waals surface area contributed by atoms with Crippen LogP contribution in [0.3, 0.4) is 0 Å². The largest absolute Gasteiger partial charge is 0.469 e. The number of carbonyl (C=O) groups is 1. The quantitative estimate of drug-likeness (QED) is 0.256. The van der Waals surface area contributed by atoms with Crippen LogP contribution in [0.5, 0.6) is 0 Å². The Labute approximate surface area is 175 Å². The number of hydrogen-bond donors (Lipinski definition) is 0. The molecule has 0 spiro atoms. The van der Waals surface area contributed by atoms with Crippen molar-refractivity contribution in [1.29, 1.82) is 0 Å². The number of carbonyl (C=O) groups excluding carboxylic acids is 1. The summed E-state index contributed by atoms with van der Waals surface area (Å²) < 4.78 is 23.2. The second kappa shape index (κ2) is 11.3. The molecule has 158 valence electrons. The summed E-state index contributed by atoms with van der Waals surface area (Å²) in [5.74, 6) is -0.403. The maximum absolute atomic E-state index is 11.9. The van der Waals surface area contributed by atoms with Gasteiger partial charge in [-0.05, 0) is 16.7 Å². The summed E-state index contributed by atoms with van der Waals surface area (Å²) in [6.07, 6.45) is -2.10. The van der Waals surface area contributed by atoms with E-state index in [2.05, 4.69) is 10.0 Å². The van der Waals surface area contributed by atoms with Crippen LogP contribution in [0.4, 0.5) is 0 Å². The summed E-state index contributed by atoms with van der Waals surface area (Å²) in [5.41, 5.74) is 10.7. The molecule has 1 aliphatic rings. The third-order valence-corrected chi connectivity index (χ3v) is 4.90. The Morgan fingerprint density at radius 3 is 2.00 bits per heavy atom. The molecule has 0 unspecified atom stereocenters. The molecule has 1 aliphatic heterocycles. The third kappa shape index (κ3) is 6.05. The molecule has 3 rings (SSSR count). The van der Waals surface area contributed by atoms with Crippen molar-refractivity contribution < 1.29 is 23.7 Å². The number of esters is 1. The highest BCUT2D eigenvalue weighted by Crippen LogP contribution is 2.31. The minimum atomic E-state index is -0.569. The first kappa shape index (κ1) is 21.8. The second-order valence-electron chi connectivity index (χ2n) is 6.93. The number of rotatable bonds is 10. The lowest BCUT2D eigenvalue weighted by atomic mass is 10.0. The first-order chi connectivity index (χ1) is 14.7. The Morgan fingerprint density at radius 1 is 0.967 bits per heavy atom. The molecule has 1 fully saturated rings. The van der Waals surface area contributed by atoms with Crippen LogP contribution < -0.4 is 0 Å². The average Bonchev–Trinajstić information content (AvgIpc) is 3.11. The fourth-order valence-corrected chi connectivity index (χ4v) is 3.42. The summed E-state index contributed by atoms with van der Waals surface area (Å²) >= 11 is 0. The maximum atomic E-state index is 11.9. The van der Waals surface area contributed by atoms with Gasteiger partial charge in [-0.3, -0.25) is 4.79 Å². The van der Waals surface area contributed by atoms with Gasteiger partial charge in [0.2, 0.25) is 0 Å². The van der Waals surface area contributed by atoms with Crippen molar-refractivity contribution in [3.05, 3.63) is 82.2 Å². The van der Waals surface area contributed by atoms with E-state index in [4.69, 9.17) is 24.5 Å². The lowest BCUT2D eigenvalue weighted by molar-refractivity contribution is -0.145. The number of methoxy groups -OCH3 is 1. The Hall–Kier alpha value is -2.90. The topological polar surface area (TPSA) is 103 Å². The predicted molar refractivity (Wildman–Crippen MR) is 109 cm³/mol. The van der Waals surface area contributed by atoms with Gasteiger partial charge in [-0.1, -0.05) is 65.8 Å². The predicted octanol–water partition coefficient (Wildman–Crippen LogP) is 3.80. The maximum Gasteiger partial charge on any atom is 0.308 e. The molecule has 0 N–H and O–H groups in total. The minimum absolute atomic E-state index is 0.0217. The molecule has 30 heavy (non-hydrogen) atoms. The van der Waals surface area contributed by atoms with Crippen LogP contribution in [0.2, 0.25) is 0 Å². The van der Waals surface area contributed by atoms with Gasteiger partial charge in [-0.15, -0.1) is 0 Å². The number of benzene rings is 2. The highest BCUT2D eigenvalue weighted by Gasteiger charge is 2.46. The highest BCUT2D eigenvalue weighted by molar-refractivity contribution is 5.70. The third-order valence-electron chi connectivity index (χ3n) is 4.90. The molecule has 1 saturated heterocycles. The van der Waals surface area contributed by atoms with Gasteiger partial charge in [0.05, 0.1) is 45.5 Å². The van der Waals surface area contributed by atoms with E-state index in [9.17, 15) is 4.79 Å². The van der Waals surface area contributed by atoms with E-state index in [0.29, 0.717) is 13.2 Å². The van der Waals surface area contributed by atoms with Crippen LogP contribution in [-0.2, 0) is 37.0 Å². The van der Waals surface area contributed by atoms with Gasteiger partial charge >= 0.3 is 5.97 Å². The highest BCUT2D eigenvalue weighted by atomic mass is 16.6. The lowest BCUT2D eigenvalue weighted by Gasteiger charge is -2.24. The van der Waals surface area contributed by atoms with Crippen LogP contribution in [0.25, 0.3) is 10.4 Å². The molecule has 0 aromatic heterocycles. The number of hydrogen-bond acceptors (Lipinski definition) is 6. The summed E-state index contributed by atoms with van der Waals surface area (Å²) in [5, 5.41) is 3.65. The molecular formula is C22H25N3O5. The Kier molecular flexibility index (Phi) is 8.23. The molecule has 0 radical (unpaired) electrons. The van der Waals surface area contributed by atoms with Crippen molar-refractivity contribution >= 4 is 5.97 Å². The van der Waals surface area contributed by atoms with Gasteiger partial charge < -0.3 is 18.9 Å². The summed E-state index contributed by atoms with van der Waals surface area (Å²) in [6.45, 7) is 0.766. The smallest absolute Gasteiger partial charge is 0.308 e. The zero-order chi connectivity index (χ0) is 21.2. The van der Waals surface area contributed by atoms with Crippen LogP contribution in [0.15, 0.2) is 65.8 Å². The summed E-state index contributed by atoms with van der Waals surface area (Å²) in [7, 11) is 1.33. The SMILES string of the molecule is COC(=O)C[C@@H]1O[C@H](CN=[N+]=[N-])[C@H](OCc2ccccc2)[C@H]1OCc1ccccc1. The monoisotopic (exact) mass is 411 g/mol. The lowest BCUT2D eigenvalue weighted by Crippen LogP contribution is -2.39. The van der Waals surface area contributed by atoms with Crippen molar-refractivity contribution in [2.24, 2.45) is 5.11 Å². The van der Waals surface area contributed by atoms with Crippen molar-refractivity contribution in [3.63, 3.8) is 0 Å². The molecular weight excluding hydrogens is 386 g/mol. The van der Waals surface area contributed by atoms with Gasteiger partial charge in [0, 0.05) is 4.91 Å². The normalized spacial score (nSPS) is 23.0. The van der Waals surface area contributed by atoms with E-state index in [-0.39, 0.29) is 13.0 Å². The molecule has 2 aromatic carbocycles.